The number of carbonyl (C=O) groups is 2. The smallest absolute Gasteiger partial charge is 0.349 e. The number of aryl methyl sites for hydroxylation is 1. The third-order valence-electron chi connectivity index (χ3n) is 6.06. The van der Waals surface area contributed by atoms with Crippen molar-refractivity contribution in [3.8, 4) is 0 Å². The number of nitrogens with zero attached hydrogens (tertiary/aromatic N) is 2. The molecule has 1 atom stereocenters. The van der Waals surface area contributed by atoms with Crippen LogP contribution in [0.4, 0.5) is 0 Å². The highest BCUT2D eigenvalue weighted by molar-refractivity contribution is 6.07. The standard InChI is InChI=1S/C20H26N4O4/c1-12-10-15(14-4-3-7-21-11-14)28-18(26)16(12)17(25)24-8-5-20(6-9-24)19(27)22-13(2)23-20/h10,14,21H,3-9,11H2,1-2H3,(H,22,23,27). The van der Waals surface area contributed by atoms with E-state index in [1.807, 2.05) is 6.07 Å². The Hall–Kier alpha value is -2.48. The zero-order valence-corrected chi connectivity index (χ0v) is 16.3. The van der Waals surface area contributed by atoms with E-state index in [1.54, 1.807) is 18.7 Å². The lowest BCUT2D eigenvalue weighted by Gasteiger charge is -2.35. The Bertz CT molecular complexity index is 890. The summed E-state index contributed by atoms with van der Waals surface area (Å²) in [5.41, 5.74) is -0.592. The van der Waals surface area contributed by atoms with Crippen LogP contribution in [0.2, 0.25) is 0 Å². The number of amidine groups is 1. The number of carbonyl (C=O) groups excluding carboxylic acids is 2. The molecule has 3 aliphatic heterocycles. The number of hydrogen-bond acceptors (Lipinski definition) is 6. The van der Waals surface area contributed by atoms with E-state index in [-0.39, 0.29) is 23.3 Å². The summed E-state index contributed by atoms with van der Waals surface area (Å²) in [6, 6.07) is 1.83. The van der Waals surface area contributed by atoms with E-state index in [0.717, 1.165) is 25.9 Å². The van der Waals surface area contributed by atoms with Gasteiger partial charge in [0.25, 0.3) is 11.8 Å². The van der Waals surface area contributed by atoms with Crippen LogP contribution in [0.5, 0.6) is 0 Å². The summed E-state index contributed by atoms with van der Waals surface area (Å²) in [5, 5.41) is 6.06. The molecule has 3 aliphatic rings. The molecule has 1 aromatic heterocycles. The van der Waals surface area contributed by atoms with Crippen LogP contribution in [-0.4, -0.2) is 54.3 Å². The molecule has 150 valence electrons. The minimum absolute atomic E-state index is 0.0963. The number of amides is 2. The molecule has 2 saturated heterocycles. The molecule has 0 aromatic carbocycles. The van der Waals surface area contributed by atoms with Gasteiger partial charge < -0.3 is 20.0 Å². The molecule has 2 fully saturated rings. The molecule has 2 N–H and O–H groups in total. The topological polar surface area (TPSA) is 104 Å². The first-order valence-electron chi connectivity index (χ1n) is 9.92. The van der Waals surface area contributed by atoms with Crippen molar-refractivity contribution in [2.75, 3.05) is 26.2 Å². The van der Waals surface area contributed by atoms with Crippen molar-refractivity contribution in [2.45, 2.75) is 51.0 Å². The van der Waals surface area contributed by atoms with E-state index in [0.29, 0.717) is 43.1 Å². The van der Waals surface area contributed by atoms with Gasteiger partial charge in [0, 0.05) is 25.6 Å². The molecule has 4 heterocycles. The Balaban J connectivity index is 1.51. The summed E-state index contributed by atoms with van der Waals surface area (Å²) in [4.78, 5) is 43.9. The lowest BCUT2D eigenvalue weighted by molar-refractivity contribution is -0.125. The first-order valence-corrected chi connectivity index (χ1v) is 9.92. The van der Waals surface area contributed by atoms with Gasteiger partial charge in [0.2, 0.25) is 0 Å². The molecule has 0 aliphatic carbocycles. The summed E-state index contributed by atoms with van der Waals surface area (Å²) >= 11 is 0. The van der Waals surface area contributed by atoms with Gasteiger partial charge in [0.1, 0.15) is 22.7 Å². The molecule has 1 unspecified atom stereocenters. The van der Waals surface area contributed by atoms with Crippen molar-refractivity contribution >= 4 is 17.6 Å². The summed E-state index contributed by atoms with van der Waals surface area (Å²) in [6.45, 7) is 6.09. The zero-order chi connectivity index (χ0) is 19.9. The maximum absolute atomic E-state index is 13.0. The highest BCUT2D eigenvalue weighted by Gasteiger charge is 2.45. The molecular weight excluding hydrogens is 360 g/mol. The van der Waals surface area contributed by atoms with Crippen LogP contribution in [0.1, 0.15) is 60.2 Å². The number of piperidine rings is 2. The highest BCUT2D eigenvalue weighted by atomic mass is 16.4. The van der Waals surface area contributed by atoms with Gasteiger partial charge in [0.05, 0.1) is 0 Å². The summed E-state index contributed by atoms with van der Waals surface area (Å²) in [6.07, 6.45) is 2.92. The monoisotopic (exact) mass is 386 g/mol. The second-order valence-corrected chi connectivity index (χ2v) is 8.01. The van der Waals surface area contributed by atoms with E-state index < -0.39 is 11.2 Å². The Labute approximate surface area is 163 Å². The van der Waals surface area contributed by atoms with Crippen molar-refractivity contribution in [3.63, 3.8) is 0 Å². The van der Waals surface area contributed by atoms with E-state index >= 15 is 0 Å². The van der Waals surface area contributed by atoms with Gasteiger partial charge in [-0.25, -0.2) is 4.79 Å². The normalized spacial score (nSPS) is 24.2. The van der Waals surface area contributed by atoms with Gasteiger partial charge in [-0.2, -0.15) is 0 Å². The van der Waals surface area contributed by atoms with Crippen LogP contribution in [-0.2, 0) is 4.79 Å². The number of hydrogen-bond donors (Lipinski definition) is 2. The quantitative estimate of drug-likeness (QED) is 0.787. The molecule has 8 heteroatoms. The van der Waals surface area contributed by atoms with Gasteiger partial charge >= 0.3 is 5.63 Å². The van der Waals surface area contributed by atoms with Crippen LogP contribution in [0.25, 0.3) is 0 Å². The maximum atomic E-state index is 13.0. The minimum Gasteiger partial charge on any atom is -0.427 e. The number of likely N-dealkylation sites (tertiary alicyclic amines) is 1. The van der Waals surface area contributed by atoms with Crippen molar-refractivity contribution in [2.24, 2.45) is 4.99 Å². The van der Waals surface area contributed by atoms with Crippen LogP contribution in [0, 0.1) is 6.92 Å². The van der Waals surface area contributed by atoms with Crippen molar-refractivity contribution < 1.29 is 14.0 Å². The number of rotatable bonds is 2. The number of nitrogens with one attached hydrogen (secondary N) is 2. The van der Waals surface area contributed by atoms with Gasteiger partial charge in [0.15, 0.2) is 0 Å². The summed E-state index contributed by atoms with van der Waals surface area (Å²) < 4.78 is 5.54. The van der Waals surface area contributed by atoms with Gasteiger partial charge in [-0.05, 0) is 57.7 Å². The van der Waals surface area contributed by atoms with E-state index in [4.69, 9.17) is 4.42 Å². The molecule has 1 spiro atoms. The molecular formula is C20H26N4O4. The van der Waals surface area contributed by atoms with Crippen LogP contribution >= 0.6 is 0 Å². The molecule has 4 rings (SSSR count). The fourth-order valence-corrected chi connectivity index (χ4v) is 4.44. The summed E-state index contributed by atoms with van der Waals surface area (Å²) in [7, 11) is 0. The minimum atomic E-state index is -0.765. The van der Waals surface area contributed by atoms with E-state index in [1.165, 1.54) is 0 Å². The summed E-state index contributed by atoms with van der Waals surface area (Å²) in [5.74, 6) is 1.01. The van der Waals surface area contributed by atoms with Crippen molar-refractivity contribution in [3.05, 3.63) is 33.4 Å². The molecule has 0 bridgehead atoms. The Morgan fingerprint density at radius 1 is 1.29 bits per heavy atom. The Morgan fingerprint density at radius 3 is 2.61 bits per heavy atom. The van der Waals surface area contributed by atoms with E-state index in [9.17, 15) is 14.4 Å². The largest absolute Gasteiger partial charge is 0.427 e. The molecule has 0 saturated carbocycles. The van der Waals surface area contributed by atoms with Crippen molar-refractivity contribution in [1.29, 1.82) is 0 Å². The number of aliphatic imine (C=N–C) groups is 1. The van der Waals surface area contributed by atoms with Crippen LogP contribution in [0.3, 0.4) is 0 Å². The predicted octanol–water partition coefficient (Wildman–Crippen LogP) is 0.938. The van der Waals surface area contributed by atoms with Crippen LogP contribution in [0.15, 0.2) is 20.3 Å². The average molecular weight is 386 g/mol. The second-order valence-electron chi connectivity index (χ2n) is 8.01. The predicted molar refractivity (Wildman–Crippen MR) is 104 cm³/mol. The fourth-order valence-electron chi connectivity index (χ4n) is 4.44. The lowest BCUT2D eigenvalue weighted by Crippen LogP contribution is -2.51. The lowest BCUT2D eigenvalue weighted by atomic mass is 9.87. The third-order valence-corrected chi connectivity index (χ3v) is 6.06. The fraction of sp³-hybridized carbons (Fsp3) is 0.600. The van der Waals surface area contributed by atoms with Crippen LogP contribution < -0.4 is 16.3 Å². The molecule has 8 nitrogen and oxygen atoms in total. The Kier molecular flexibility index (Phi) is 4.82. The SMILES string of the molecule is CC1=NC2(CCN(C(=O)c3c(C)cc(C4CCCNC4)oc3=O)CC2)C(=O)N1. The zero-order valence-electron chi connectivity index (χ0n) is 16.3. The van der Waals surface area contributed by atoms with Gasteiger partial charge in [-0.3, -0.25) is 14.6 Å². The average Bonchev–Trinajstić information content (AvgIpc) is 2.95. The first-order chi connectivity index (χ1) is 13.4. The second kappa shape index (κ2) is 7.16. The first kappa shape index (κ1) is 18.9. The van der Waals surface area contributed by atoms with Gasteiger partial charge in [-0.15, -0.1) is 0 Å². The van der Waals surface area contributed by atoms with Crippen molar-refractivity contribution in [1.82, 2.24) is 15.5 Å². The molecule has 2 amide bonds. The maximum Gasteiger partial charge on any atom is 0.349 e. The Morgan fingerprint density at radius 2 is 2.04 bits per heavy atom. The van der Waals surface area contributed by atoms with Gasteiger partial charge in [-0.1, -0.05) is 0 Å². The van der Waals surface area contributed by atoms with E-state index in [2.05, 4.69) is 15.6 Å². The third kappa shape index (κ3) is 3.26. The molecule has 0 radical (unpaired) electrons. The molecule has 28 heavy (non-hydrogen) atoms. The highest BCUT2D eigenvalue weighted by Crippen LogP contribution is 2.31. The molecule has 1 aromatic rings.